The second-order valence-corrected chi connectivity index (χ2v) is 3.68. The highest BCUT2D eigenvalue weighted by Gasteiger charge is 2.17. The summed E-state index contributed by atoms with van der Waals surface area (Å²) in [5.41, 5.74) is 0.418. The van der Waals surface area contributed by atoms with E-state index < -0.39 is 18.8 Å². The molecule has 0 aliphatic rings. The highest BCUT2D eigenvalue weighted by Crippen LogP contribution is 2.26. The normalized spacial score (nSPS) is 15.2. The summed E-state index contributed by atoms with van der Waals surface area (Å²) in [5.74, 6) is 0. The van der Waals surface area contributed by atoms with Crippen molar-refractivity contribution in [1.29, 1.82) is 0 Å². The van der Waals surface area contributed by atoms with E-state index in [0.717, 1.165) is 0 Å². The summed E-state index contributed by atoms with van der Waals surface area (Å²) in [4.78, 5) is 0. The molecule has 1 aromatic rings. The number of rotatable bonds is 3. The van der Waals surface area contributed by atoms with Gasteiger partial charge in [-0.15, -0.1) is 0 Å². The van der Waals surface area contributed by atoms with Crippen molar-refractivity contribution in [3.8, 4) is 0 Å². The second kappa shape index (κ2) is 4.96. The van der Waals surface area contributed by atoms with E-state index in [0.29, 0.717) is 15.6 Å². The second-order valence-electron chi connectivity index (χ2n) is 2.87. The van der Waals surface area contributed by atoms with Crippen LogP contribution in [0.3, 0.4) is 0 Å². The summed E-state index contributed by atoms with van der Waals surface area (Å²) in [5, 5.41) is 28.0. The molecule has 0 aliphatic heterocycles. The molecule has 0 aromatic heterocycles. The molecule has 0 amide bonds. The van der Waals surface area contributed by atoms with Crippen LogP contribution in [0.4, 0.5) is 0 Å². The molecule has 0 bridgehead atoms. The van der Waals surface area contributed by atoms with Gasteiger partial charge in [0.1, 0.15) is 12.2 Å². The van der Waals surface area contributed by atoms with Crippen molar-refractivity contribution in [2.24, 2.45) is 0 Å². The van der Waals surface area contributed by atoms with Gasteiger partial charge in [-0.3, -0.25) is 0 Å². The lowest BCUT2D eigenvalue weighted by Gasteiger charge is -2.16. The minimum atomic E-state index is -1.22. The third-order valence-electron chi connectivity index (χ3n) is 1.84. The van der Waals surface area contributed by atoms with Crippen LogP contribution in [0.5, 0.6) is 0 Å². The third-order valence-corrected chi connectivity index (χ3v) is 2.58. The molecular weight excluding hydrogens is 227 g/mol. The van der Waals surface area contributed by atoms with Crippen LogP contribution in [0.15, 0.2) is 18.2 Å². The van der Waals surface area contributed by atoms with Crippen molar-refractivity contribution in [3.05, 3.63) is 33.8 Å². The van der Waals surface area contributed by atoms with E-state index in [1.54, 1.807) is 0 Å². The number of hydrogen-bond donors (Lipinski definition) is 3. The van der Waals surface area contributed by atoms with Gasteiger partial charge in [0.25, 0.3) is 0 Å². The first-order chi connectivity index (χ1) is 6.56. The monoisotopic (exact) mass is 236 g/mol. The third kappa shape index (κ3) is 2.59. The molecule has 0 spiro atoms. The topological polar surface area (TPSA) is 60.7 Å². The van der Waals surface area contributed by atoms with Gasteiger partial charge in [-0.05, 0) is 17.7 Å². The van der Waals surface area contributed by atoms with Crippen molar-refractivity contribution in [1.82, 2.24) is 0 Å². The largest absolute Gasteiger partial charge is 0.394 e. The van der Waals surface area contributed by atoms with Gasteiger partial charge in [-0.1, -0.05) is 29.3 Å². The summed E-state index contributed by atoms with van der Waals surface area (Å²) in [6.45, 7) is -0.512. The molecule has 2 atom stereocenters. The number of aliphatic hydroxyl groups excluding tert-OH is 3. The Labute approximate surface area is 91.5 Å². The van der Waals surface area contributed by atoms with Gasteiger partial charge in [0, 0.05) is 0 Å². The Balaban J connectivity index is 2.91. The standard InChI is InChI=1S/C9H10Cl2O3/c10-6-2-1-5(3-7(6)11)9(14)8(13)4-12/h1-3,8-9,12-14H,4H2. The molecule has 0 radical (unpaired) electrons. The van der Waals surface area contributed by atoms with Crippen LogP contribution < -0.4 is 0 Å². The minimum absolute atomic E-state index is 0.299. The van der Waals surface area contributed by atoms with Crippen LogP contribution in [0, 0.1) is 0 Å². The van der Waals surface area contributed by atoms with E-state index >= 15 is 0 Å². The van der Waals surface area contributed by atoms with Crippen LogP contribution in [0.2, 0.25) is 10.0 Å². The Hall–Kier alpha value is -0.320. The lowest BCUT2D eigenvalue weighted by Crippen LogP contribution is -2.21. The van der Waals surface area contributed by atoms with Gasteiger partial charge in [-0.2, -0.15) is 0 Å². The molecule has 5 heteroatoms. The van der Waals surface area contributed by atoms with Crippen LogP contribution in [-0.2, 0) is 0 Å². The lowest BCUT2D eigenvalue weighted by atomic mass is 10.1. The van der Waals surface area contributed by atoms with E-state index in [-0.39, 0.29) is 0 Å². The molecule has 3 N–H and O–H groups in total. The highest BCUT2D eigenvalue weighted by molar-refractivity contribution is 6.42. The predicted octanol–water partition coefficient (Wildman–Crippen LogP) is 1.38. The Bertz CT molecular complexity index is 317. The first-order valence-electron chi connectivity index (χ1n) is 3.98. The summed E-state index contributed by atoms with van der Waals surface area (Å²) < 4.78 is 0. The molecule has 78 valence electrons. The molecule has 1 rings (SSSR count). The van der Waals surface area contributed by atoms with Crippen molar-refractivity contribution in [2.45, 2.75) is 12.2 Å². The minimum Gasteiger partial charge on any atom is -0.394 e. The highest BCUT2D eigenvalue weighted by atomic mass is 35.5. The van der Waals surface area contributed by atoms with Gasteiger partial charge >= 0.3 is 0 Å². The summed E-state index contributed by atoms with van der Waals surface area (Å²) in [7, 11) is 0. The SMILES string of the molecule is OCC(O)C(O)c1ccc(Cl)c(Cl)c1. The maximum atomic E-state index is 9.49. The predicted molar refractivity (Wildman–Crippen MR) is 54.5 cm³/mol. The van der Waals surface area contributed by atoms with Crippen molar-refractivity contribution >= 4 is 23.2 Å². The molecule has 0 fully saturated rings. The summed E-state index contributed by atoms with van der Waals surface area (Å²) >= 11 is 11.4. The number of benzene rings is 1. The Kier molecular flexibility index (Phi) is 4.16. The zero-order valence-electron chi connectivity index (χ0n) is 7.19. The molecule has 1 aromatic carbocycles. The Morgan fingerprint density at radius 1 is 1.14 bits per heavy atom. The average molecular weight is 237 g/mol. The van der Waals surface area contributed by atoms with Crippen molar-refractivity contribution < 1.29 is 15.3 Å². The molecule has 0 saturated carbocycles. The van der Waals surface area contributed by atoms with Crippen LogP contribution >= 0.6 is 23.2 Å². The molecule has 0 heterocycles. The molecule has 0 aliphatic carbocycles. The Morgan fingerprint density at radius 2 is 1.79 bits per heavy atom. The lowest BCUT2D eigenvalue weighted by molar-refractivity contribution is -0.0152. The van der Waals surface area contributed by atoms with E-state index in [4.69, 9.17) is 33.4 Å². The van der Waals surface area contributed by atoms with Crippen LogP contribution in [-0.4, -0.2) is 28.0 Å². The number of hydrogen-bond acceptors (Lipinski definition) is 3. The van der Waals surface area contributed by atoms with Crippen molar-refractivity contribution in [3.63, 3.8) is 0 Å². The van der Waals surface area contributed by atoms with E-state index in [9.17, 15) is 5.11 Å². The zero-order valence-corrected chi connectivity index (χ0v) is 8.70. The smallest absolute Gasteiger partial charge is 0.107 e. The van der Waals surface area contributed by atoms with Gasteiger partial charge in [0.2, 0.25) is 0 Å². The fourth-order valence-corrected chi connectivity index (χ4v) is 1.32. The zero-order chi connectivity index (χ0) is 10.7. The molecular formula is C9H10Cl2O3. The fourth-order valence-electron chi connectivity index (χ4n) is 1.02. The van der Waals surface area contributed by atoms with Crippen molar-refractivity contribution in [2.75, 3.05) is 6.61 Å². The first-order valence-corrected chi connectivity index (χ1v) is 4.73. The molecule has 14 heavy (non-hydrogen) atoms. The Morgan fingerprint density at radius 3 is 2.29 bits per heavy atom. The maximum Gasteiger partial charge on any atom is 0.107 e. The van der Waals surface area contributed by atoms with Crippen LogP contribution in [0.25, 0.3) is 0 Å². The molecule has 2 unspecified atom stereocenters. The number of halogens is 2. The van der Waals surface area contributed by atoms with Gasteiger partial charge in [0.15, 0.2) is 0 Å². The molecule has 0 saturated heterocycles. The molecule has 3 nitrogen and oxygen atoms in total. The van der Waals surface area contributed by atoms with E-state index in [1.165, 1.54) is 18.2 Å². The van der Waals surface area contributed by atoms with Gasteiger partial charge in [-0.25, -0.2) is 0 Å². The summed E-state index contributed by atoms with van der Waals surface area (Å²) in [6.07, 6.45) is -2.37. The fraction of sp³-hybridized carbons (Fsp3) is 0.333. The van der Waals surface area contributed by atoms with Gasteiger partial charge < -0.3 is 15.3 Å². The number of aliphatic hydroxyl groups is 3. The maximum absolute atomic E-state index is 9.49. The quantitative estimate of drug-likeness (QED) is 0.744. The van der Waals surface area contributed by atoms with Gasteiger partial charge in [0.05, 0.1) is 16.7 Å². The van der Waals surface area contributed by atoms with E-state index in [2.05, 4.69) is 0 Å². The average Bonchev–Trinajstić information content (AvgIpc) is 2.20. The van der Waals surface area contributed by atoms with E-state index in [1.807, 2.05) is 0 Å². The first kappa shape index (κ1) is 11.8. The van der Waals surface area contributed by atoms with Crippen LogP contribution in [0.1, 0.15) is 11.7 Å². The summed E-state index contributed by atoms with van der Waals surface area (Å²) in [6, 6.07) is 4.51.